The van der Waals surface area contributed by atoms with Crippen molar-refractivity contribution in [1.29, 1.82) is 0 Å². The van der Waals surface area contributed by atoms with E-state index in [1.807, 2.05) is 12.1 Å². The van der Waals surface area contributed by atoms with Crippen molar-refractivity contribution in [3.05, 3.63) is 55.8 Å². The summed E-state index contributed by atoms with van der Waals surface area (Å²) in [6, 6.07) is 6.68. The number of anilines is 2. The van der Waals surface area contributed by atoms with Gasteiger partial charge in [0.1, 0.15) is 0 Å². The molecule has 1 heterocycles. The zero-order valence-corrected chi connectivity index (χ0v) is 9.45. The van der Waals surface area contributed by atoms with Gasteiger partial charge in [-0.2, -0.15) is 0 Å². The molecule has 0 atom stereocenters. The Bertz CT molecular complexity index is 711. The lowest BCUT2D eigenvalue weighted by Gasteiger charge is -2.20. The molecule has 3 rings (SSSR count). The van der Waals surface area contributed by atoms with Crippen LogP contribution in [0.4, 0.5) is 11.4 Å². The minimum atomic E-state index is -0.538. The third-order valence-electron chi connectivity index (χ3n) is 3.07. The molecule has 18 heavy (non-hydrogen) atoms. The normalized spacial score (nSPS) is 14.1. The molecule has 0 aromatic heterocycles. The average Bonchev–Trinajstić information content (AvgIpc) is 2.38. The van der Waals surface area contributed by atoms with E-state index in [0.717, 1.165) is 12.0 Å². The van der Waals surface area contributed by atoms with Crippen LogP contribution in [0.3, 0.4) is 0 Å². The van der Waals surface area contributed by atoms with Gasteiger partial charge in [-0.3, -0.25) is 14.4 Å². The molecular formula is C13H10N2O3. The lowest BCUT2D eigenvalue weighted by Crippen LogP contribution is -2.34. The largest absolute Gasteiger partial charge is 0.352 e. The van der Waals surface area contributed by atoms with Gasteiger partial charge in [-0.05, 0) is 18.1 Å². The number of carbonyl (C=O) groups is 1. The van der Waals surface area contributed by atoms with Crippen molar-refractivity contribution >= 4 is 17.3 Å². The first-order valence-electron chi connectivity index (χ1n) is 5.64. The minimum absolute atomic E-state index is 0.155. The molecule has 0 spiro atoms. The van der Waals surface area contributed by atoms with Gasteiger partial charge in [0.2, 0.25) is 10.9 Å². The van der Waals surface area contributed by atoms with Crippen molar-refractivity contribution in [2.24, 2.45) is 0 Å². The average molecular weight is 242 g/mol. The van der Waals surface area contributed by atoms with Crippen LogP contribution in [0.15, 0.2) is 33.9 Å². The lowest BCUT2D eigenvalue weighted by molar-refractivity contribution is 0.0947. The van der Waals surface area contributed by atoms with E-state index in [1.165, 1.54) is 6.07 Å². The van der Waals surface area contributed by atoms with Crippen molar-refractivity contribution in [3.63, 3.8) is 0 Å². The van der Waals surface area contributed by atoms with Crippen LogP contribution < -0.4 is 21.5 Å². The van der Waals surface area contributed by atoms with E-state index < -0.39 is 10.9 Å². The van der Waals surface area contributed by atoms with Crippen molar-refractivity contribution < 1.29 is 4.79 Å². The van der Waals surface area contributed by atoms with Gasteiger partial charge in [-0.1, -0.05) is 12.1 Å². The van der Waals surface area contributed by atoms with Gasteiger partial charge >= 0.3 is 0 Å². The van der Waals surface area contributed by atoms with Crippen LogP contribution in [-0.2, 0) is 6.42 Å². The Morgan fingerprint density at radius 2 is 1.94 bits per heavy atom. The SMILES string of the molecule is O=C1NCCc2cccc(Nc3cc(=O)c3=O)c21. The monoisotopic (exact) mass is 242 g/mol. The van der Waals surface area contributed by atoms with Crippen LogP contribution >= 0.6 is 0 Å². The van der Waals surface area contributed by atoms with Gasteiger partial charge in [0.25, 0.3) is 5.91 Å². The van der Waals surface area contributed by atoms with Crippen LogP contribution in [0.25, 0.3) is 0 Å². The molecule has 2 N–H and O–H groups in total. The number of rotatable bonds is 2. The predicted molar refractivity (Wildman–Crippen MR) is 67.1 cm³/mol. The van der Waals surface area contributed by atoms with E-state index in [-0.39, 0.29) is 11.6 Å². The number of hydrogen-bond acceptors (Lipinski definition) is 4. The summed E-state index contributed by atoms with van der Waals surface area (Å²) in [6.07, 6.45) is 0.766. The summed E-state index contributed by atoms with van der Waals surface area (Å²) in [5, 5.41) is 5.60. The molecule has 1 amide bonds. The molecule has 0 unspecified atom stereocenters. The second-order valence-corrected chi connectivity index (χ2v) is 4.22. The van der Waals surface area contributed by atoms with Gasteiger partial charge in [0.05, 0.1) is 16.9 Å². The fraction of sp³-hybridized carbons (Fsp3) is 0.154. The molecule has 0 saturated heterocycles. The van der Waals surface area contributed by atoms with Crippen LogP contribution in [0.1, 0.15) is 15.9 Å². The van der Waals surface area contributed by atoms with E-state index in [9.17, 15) is 14.4 Å². The zero-order chi connectivity index (χ0) is 12.7. The third-order valence-corrected chi connectivity index (χ3v) is 3.07. The maximum atomic E-state index is 11.8. The Morgan fingerprint density at radius 3 is 2.67 bits per heavy atom. The standard InChI is InChI=1S/C13H10N2O3/c16-10-6-9(12(10)17)15-8-3-1-2-7-4-5-14-13(18)11(7)8/h1-3,6,15H,4-5H2,(H,14,18). The minimum Gasteiger partial charge on any atom is -0.352 e. The molecule has 1 aliphatic rings. The summed E-state index contributed by atoms with van der Waals surface area (Å²) in [7, 11) is 0. The Morgan fingerprint density at radius 1 is 1.11 bits per heavy atom. The topological polar surface area (TPSA) is 75.3 Å². The lowest BCUT2D eigenvalue weighted by atomic mass is 9.98. The van der Waals surface area contributed by atoms with Crippen LogP contribution in [0.2, 0.25) is 0 Å². The molecule has 0 saturated carbocycles. The highest BCUT2D eigenvalue weighted by atomic mass is 16.2. The maximum absolute atomic E-state index is 11.8. The summed E-state index contributed by atoms with van der Waals surface area (Å²) < 4.78 is 0. The zero-order valence-electron chi connectivity index (χ0n) is 9.45. The summed E-state index contributed by atoms with van der Waals surface area (Å²) >= 11 is 0. The molecule has 0 radical (unpaired) electrons. The number of benzene rings is 1. The molecule has 0 aliphatic carbocycles. The highest BCUT2D eigenvalue weighted by molar-refractivity contribution is 6.02. The summed E-state index contributed by atoms with van der Waals surface area (Å²) in [4.78, 5) is 33.9. The third kappa shape index (κ3) is 1.52. The first-order chi connectivity index (χ1) is 8.66. The fourth-order valence-electron chi connectivity index (χ4n) is 2.13. The van der Waals surface area contributed by atoms with E-state index >= 15 is 0 Å². The smallest absolute Gasteiger partial charge is 0.253 e. The first-order valence-corrected chi connectivity index (χ1v) is 5.64. The summed E-state index contributed by atoms with van der Waals surface area (Å²) in [5.74, 6) is -0.155. The van der Waals surface area contributed by atoms with Crippen molar-refractivity contribution in [3.8, 4) is 0 Å². The molecule has 2 aromatic rings. The Balaban J connectivity index is 2.03. The van der Waals surface area contributed by atoms with E-state index in [4.69, 9.17) is 0 Å². The second-order valence-electron chi connectivity index (χ2n) is 4.22. The Hall–Kier alpha value is -2.43. The van der Waals surface area contributed by atoms with Crippen molar-refractivity contribution in [2.75, 3.05) is 11.9 Å². The van der Waals surface area contributed by atoms with Gasteiger partial charge in [-0.15, -0.1) is 0 Å². The van der Waals surface area contributed by atoms with E-state index in [1.54, 1.807) is 6.07 Å². The molecule has 90 valence electrons. The molecule has 5 heteroatoms. The summed E-state index contributed by atoms with van der Waals surface area (Å²) in [5.41, 5.74) is 1.26. The van der Waals surface area contributed by atoms with Crippen molar-refractivity contribution in [2.45, 2.75) is 6.42 Å². The molecule has 2 aromatic carbocycles. The maximum Gasteiger partial charge on any atom is 0.253 e. The van der Waals surface area contributed by atoms with E-state index in [2.05, 4.69) is 10.6 Å². The highest BCUT2D eigenvalue weighted by Crippen LogP contribution is 2.24. The number of carbonyl (C=O) groups excluding carboxylic acids is 1. The number of hydrogen-bond donors (Lipinski definition) is 2. The number of fused-ring (bicyclic) bond motifs is 1. The van der Waals surface area contributed by atoms with E-state index in [0.29, 0.717) is 17.8 Å². The van der Waals surface area contributed by atoms with Gasteiger partial charge in [-0.25, -0.2) is 0 Å². The quantitative estimate of drug-likeness (QED) is 0.743. The predicted octanol–water partition coefficient (Wildman–Crippen LogP) is 0.312. The fourth-order valence-corrected chi connectivity index (χ4v) is 2.13. The van der Waals surface area contributed by atoms with Crippen LogP contribution in [0.5, 0.6) is 0 Å². The second kappa shape index (κ2) is 3.80. The number of nitrogens with one attached hydrogen (secondary N) is 2. The molecule has 5 nitrogen and oxygen atoms in total. The van der Waals surface area contributed by atoms with Gasteiger partial charge in [0.15, 0.2) is 0 Å². The number of amides is 1. The Labute approximate surface area is 102 Å². The molecule has 0 bridgehead atoms. The van der Waals surface area contributed by atoms with Gasteiger partial charge < -0.3 is 10.6 Å². The molecular weight excluding hydrogens is 232 g/mol. The van der Waals surface area contributed by atoms with Crippen molar-refractivity contribution in [1.82, 2.24) is 5.32 Å². The Kier molecular flexibility index (Phi) is 2.26. The van der Waals surface area contributed by atoms with Crippen LogP contribution in [-0.4, -0.2) is 12.5 Å². The molecule has 0 fully saturated rings. The van der Waals surface area contributed by atoms with Gasteiger partial charge in [0, 0.05) is 12.6 Å². The van der Waals surface area contributed by atoms with Crippen LogP contribution in [0, 0.1) is 0 Å². The highest BCUT2D eigenvalue weighted by Gasteiger charge is 2.21. The first kappa shape index (κ1) is 10.7. The summed E-state index contributed by atoms with van der Waals surface area (Å²) in [6.45, 7) is 0.620. The molecule has 1 aliphatic heterocycles.